The molecule has 0 saturated carbocycles. The first-order chi connectivity index (χ1) is 11.2. The van der Waals surface area contributed by atoms with Crippen molar-refractivity contribution >= 4 is 17.7 Å². The van der Waals surface area contributed by atoms with Crippen LogP contribution >= 0.6 is 11.8 Å². The monoisotopic (exact) mass is 332 g/mol. The number of thioether (sulfide) groups is 1. The number of nitrogens with zero attached hydrogens (tertiary/aromatic N) is 1. The summed E-state index contributed by atoms with van der Waals surface area (Å²) in [6, 6.07) is 11.5. The van der Waals surface area contributed by atoms with Crippen molar-refractivity contribution in [1.29, 1.82) is 0 Å². The molecule has 0 atom stereocenters. The molecule has 0 spiro atoms. The lowest BCUT2D eigenvalue weighted by atomic mass is 10.3. The molecule has 1 amide bonds. The number of pyridine rings is 1. The van der Waals surface area contributed by atoms with Crippen LogP contribution in [-0.2, 0) is 11.3 Å². The highest BCUT2D eigenvalue weighted by Crippen LogP contribution is 2.21. The van der Waals surface area contributed by atoms with Crippen molar-refractivity contribution in [3.05, 3.63) is 48.2 Å². The number of carbonyl (C=O) groups is 1. The first-order valence-electron chi connectivity index (χ1n) is 7.23. The average molecular weight is 332 g/mol. The van der Waals surface area contributed by atoms with Gasteiger partial charge in [-0.15, -0.1) is 11.8 Å². The number of carbonyl (C=O) groups excluding carboxylic acids is 1. The molecule has 122 valence electrons. The van der Waals surface area contributed by atoms with Crippen LogP contribution in [0.3, 0.4) is 0 Å². The summed E-state index contributed by atoms with van der Waals surface area (Å²) in [5, 5.41) is 2.89. The topological polar surface area (TPSA) is 60.5 Å². The molecule has 0 saturated heterocycles. The van der Waals surface area contributed by atoms with Gasteiger partial charge in [0.25, 0.3) is 0 Å². The number of methoxy groups -OCH3 is 2. The van der Waals surface area contributed by atoms with Crippen LogP contribution in [0.1, 0.15) is 12.0 Å². The Morgan fingerprint density at radius 1 is 1.13 bits per heavy atom. The predicted octanol–water partition coefficient (Wildman–Crippen LogP) is 2.90. The molecule has 2 rings (SSSR count). The summed E-state index contributed by atoms with van der Waals surface area (Å²) in [6.45, 7) is 0.475. The van der Waals surface area contributed by atoms with Crippen molar-refractivity contribution in [2.24, 2.45) is 0 Å². The molecule has 1 heterocycles. The number of amides is 1. The predicted molar refractivity (Wildman–Crippen MR) is 91.0 cm³/mol. The Morgan fingerprint density at radius 2 is 1.91 bits per heavy atom. The van der Waals surface area contributed by atoms with E-state index in [0.717, 1.165) is 22.0 Å². The van der Waals surface area contributed by atoms with Crippen LogP contribution in [-0.4, -0.2) is 30.9 Å². The van der Waals surface area contributed by atoms with Gasteiger partial charge in [0.1, 0.15) is 5.75 Å². The van der Waals surface area contributed by atoms with Crippen LogP contribution in [0.5, 0.6) is 11.6 Å². The Bertz CT molecular complexity index is 615. The summed E-state index contributed by atoms with van der Waals surface area (Å²) >= 11 is 1.65. The molecule has 0 fully saturated rings. The molecule has 1 N–H and O–H groups in total. The van der Waals surface area contributed by atoms with Gasteiger partial charge in [0.15, 0.2) is 0 Å². The van der Waals surface area contributed by atoms with Gasteiger partial charge in [-0.1, -0.05) is 6.07 Å². The fraction of sp³-hybridized carbons (Fsp3) is 0.294. The van der Waals surface area contributed by atoms with E-state index in [0.29, 0.717) is 18.8 Å². The second-order valence-electron chi connectivity index (χ2n) is 4.76. The van der Waals surface area contributed by atoms with Gasteiger partial charge in [0.05, 0.1) is 14.2 Å². The van der Waals surface area contributed by atoms with Gasteiger partial charge >= 0.3 is 0 Å². The van der Waals surface area contributed by atoms with Crippen LogP contribution in [0.15, 0.2) is 47.5 Å². The normalized spacial score (nSPS) is 10.2. The SMILES string of the molecule is COc1ccc(SCCC(=O)NCc2ccc(OC)nc2)cc1. The molecule has 0 aliphatic rings. The average Bonchev–Trinajstić information content (AvgIpc) is 2.61. The lowest BCUT2D eigenvalue weighted by Gasteiger charge is -2.06. The van der Waals surface area contributed by atoms with E-state index in [4.69, 9.17) is 9.47 Å². The van der Waals surface area contributed by atoms with E-state index < -0.39 is 0 Å². The second-order valence-corrected chi connectivity index (χ2v) is 5.93. The zero-order valence-corrected chi connectivity index (χ0v) is 14.1. The van der Waals surface area contributed by atoms with E-state index in [-0.39, 0.29) is 5.91 Å². The first kappa shape index (κ1) is 17.1. The summed E-state index contributed by atoms with van der Waals surface area (Å²) in [6.07, 6.45) is 2.17. The highest BCUT2D eigenvalue weighted by Gasteiger charge is 2.03. The fourth-order valence-corrected chi connectivity index (χ4v) is 2.71. The third-order valence-electron chi connectivity index (χ3n) is 3.15. The Kier molecular flexibility index (Phi) is 6.75. The van der Waals surface area contributed by atoms with E-state index in [1.807, 2.05) is 30.3 Å². The minimum atomic E-state index is 0.0295. The zero-order chi connectivity index (χ0) is 16.5. The molecule has 0 unspecified atom stereocenters. The van der Waals surface area contributed by atoms with Gasteiger partial charge in [-0.3, -0.25) is 4.79 Å². The number of hydrogen-bond donors (Lipinski definition) is 1. The molecule has 6 heteroatoms. The molecule has 5 nitrogen and oxygen atoms in total. The molecule has 0 radical (unpaired) electrons. The van der Waals surface area contributed by atoms with E-state index in [2.05, 4.69) is 10.3 Å². The standard InChI is InChI=1S/C17H20N2O3S/c1-21-14-4-6-15(7-5-14)23-10-9-16(20)18-11-13-3-8-17(22-2)19-12-13/h3-8,12H,9-11H2,1-2H3,(H,18,20). The van der Waals surface area contributed by atoms with Gasteiger partial charge in [0.2, 0.25) is 11.8 Å². The molecule has 1 aromatic carbocycles. The van der Waals surface area contributed by atoms with Gasteiger partial charge in [-0.2, -0.15) is 0 Å². The number of nitrogens with one attached hydrogen (secondary N) is 1. The van der Waals surface area contributed by atoms with Crippen LogP contribution in [0, 0.1) is 0 Å². The molecule has 1 aromatic heterocycles. The lowest BCUT2D eigenvalue weighted by Crippen LogP contribution is -2.23. The highest BCUT2D eigenvalue weighted by atomic mass is 32.2. The van der Waals surface area contributed by atoms with Gasteiger partial charge in [-0.05, 0) is 29.8 Å². The van der Waals surface area contributed by atoms with Gasteiger partial charge < -0.3 is 14.8 Å². The zero-order valence-electron chi connectivity index (χ0n) is 13.2. The largest absolute Gasteiger partial charge is 0.497 e. The van der Waals surface area contributed by atoms with Crippen molar-refractivity contribution in [2.75, 3.05) is 20.0 Å². The van der Waals surface area contributed by atoms with Crippen molar-refractivity contribution in [1.82, 2.24) is 10.3 Å². The first-order valence-corrected chi connectivity index (χ1v) is 8.22. The summed E-state index contributed by atoms with van der Waals surface area (Å²) in [7, 11) is 3.22. The maximum atomic E-state index is 11.8. The second kappa shape index (κ2) is 9.05. The lowest BCUT2D eigenvalue weighted by molar-refractivity contribution is -0.120. The summed E-state index contributed by atoms with van der Waals surface area (Å²) in [5.74, 6) is 2.16. The molecular weight excluding hydrogens is 312 g/mol. The summed E-state index contributed by atoms with van der Waals surface area (Å²) in [5.41, 5.74) is 0.946. The molecule has 0 aliphatic carbocycles. The van der Waals surface area contributed by atoms with Crippen molar-refractivity contribution in [3.8, 4) is 11.6 Å². The third-order valence-corrected chi connectivity index (χ3v) is 4.17. The molecule has 2 aromatic rings. The number of ether oxygens (including phenoxy) is 2. The molecule has 23 heavy (non-hydrogen) atoms. The van der Waals surface area contributed by atoms with Crippen molar-refractivity contribution in [3.63, 3.8) is 0 Å². The van der Waals surface area contributed by atoms with Crippen LogP contribution in [0.25, 0.3) is 0 Å². The van der Waals surface area contributed by atoms with Crippen molar-refractivity contribution < 1.29 is 14.3 Å². The van der Waals surface area contributed by atoms with Crippen LogP contribution in [0.4, 0.5) is 0 Å². The highest BCUT2D eigenvalue weighted by molar-refractivity contribution is 7.99. The molecule has 0 aliphatic heterocycles. The Labute approximate surface area is 140 Å². The smallest absolute Gasteiger partial charge is 0.221 e. The van der Waals surface area contributed by atoms with Gasteiger partial charge in [0, 0.05) is 35.9 Å². The number of hydrogen-bond acceptors (Lipinski definition) is 5. The Balaban J connectivity index is 1.67. The van der Waals surface area contributed by atoms with E-state index in [9.17, 15) is 4.79 Å². The minimum Gasteiger partial charge on any atom is -0.497 e. The number of aromatic nitrogens is 1. The Hall–Kier alpha value is -2.21. The van der Waals surface area contributed by atoms with Gasteiger partial charge in [-0.25, -0.2) is 4.98 Å². The minimum absolute atomic E-state index is 0.0295. The summed E-state index contributed by atoms with van der Waals surface area (Å²) < 4.78 is 10.1. The quantitative estimate of drug-likeness (QED) is 0.753. The number of rotatable bonds is 8. The maximum absolute atomic E-state index is 11.8. The van der Waals surface area contributed by atoms with E-state index >= 15 is 0 Å². The molecule has 0 bridgehead atoms. The van der Waals surface area contributed by atoms with E-state index in [1.165, 1.54) is 0 Å². The van der Waals surface area contributed by atoms with E-state index in [1.54, 1.807) is 38.2 Å². The Morgan fingerprint density at radius 3 is 2.52 bits per heavy atom. The number of benzene rings is 1. The van der Waals surface area contributed by atoms with Crippen molar-refractivity contribution in [2.45, 2.75) is 17.9 Å². The van der Waals surface area contributed by atoms with Crippen LogP contribution in [0.2, 0.25) is 0 Å². The summed E-state index contributed by atoms with van der Waals surface area (Å²) in [4.78, 5) is 17.1. The third kappa shape index (κ3) is 5.83. The fourth-order valence-electron chi connectivity index (χ4n) is 1.86. The van der Waals surface area contributed by atoms with Crippen LogP contribution < -0.4 is 14.8 Å². The molecular formula is C17H20N2O3S. The maximum Gasteiger partial charge on any atom is 0.221 e.